The smallest absolute Gasteiger partial charge is 0.257 e. The van der Waals surface area contributed by atoms with Crippen molar-refractivity contribution in [2.75, 3.05) is 44.2 Å². The van der Waals surface area contributed by atoms with E-state index in [4.69, 9.17) is 0 Å². The van der Waals surface area contributed by atoms with Crippen LogP contribution in [0.2, 0.25) is 0 Å². The first kappa shape index (κ1) is 24.6. The van der Waals surface area contributed by atoms with E-state index < -0.39 is 29.1 Å². The normalized spacial score (nSPS) is 15.4. The van der Waals surface area contributed by atoms with Crippen molar-refractivity contribution >= 4 is 17.5 Å². The number of nitrogens with one attached hydrogen (secondary N) is 2. The summed E-state index contributed by atoms with van der Waals surface area (Å²) >= 11 is 0. The Morgan fingerprint density at radius 3 is 2.18 bits per heavy atom. The molecule has 33 heavy (non-hydrogen) atoms. The Morgan fingerprint density at radius 2 is 1.58 bits per heavy atom. The third-order valence-corrected chi connectivity index (χ3v) is 5.87. The Morgan fingerprint density at radius 1 is 0.939 bits per heavy atom. The van der Waals surface area contributed by atoms with Crippen molar-refractivity contribution in [2.24, 2.45) is 5.92 Å². The molecule has 1 heterocycles. The number of carbonyl (C=O) groups excluding carboxylic acids is 2. The van der Waals surface area contributed by atoms with E-state index in [1.165, 1.54) is 11.8 Å². The van der Waals surface area contributed by atoms with E-state index in [2.05, 4.69) is 32.6 Å². The number of anilines is 1. The highest BCUT2D eigenvalue weighted by molar-refractivity contribution is 5.98. The van der Waals surface area contributed by atoms with E-state index in [0.717, 1.165) is 51.3 Å². The zero-order valence-electron chi connectivity index (χ0n) is 19.2. The number of hydrogen-bond donors (Lipinski definition) is 2. The molecule has 0 unspecified atom stereocenters. The standard InChI is InChI=1S/C25H32F2N4O2/c1-18(2)23(29-24(32)22-20(26)10-6-11-21(22)27)25(33)28-12-7-13-30-14-16-31(17-15-30)19-8-4-3-5-9-19/h3-6,8-11,18,23H,7,12-17H2,1-2H3,(H,28,33)(H,29,32)/t23-/m0/s1. The molecule has 6 nitrogen and oxygen atoms in total. The van der Waals surface area contributed by atoms with Crippen LogP contribution in [0.5, 0.6) is 0 Å². The summed E-state index contributed by atoms with van der Waals surface area (Å²) in [6.45, 7) is 8.72. The Bertz CT molecular complexity index is 911. The highest BCUT2D eigenvalue weighted by atomic mass is 19.1. The van der Waals surface area contributed by atoms with Crippen LogP contribution in [-0.4, -0.2) is 62.0 Å². The van der Waals surface area contributed by atoms with Crippen LogP contribution in [0, 0.1) is 17.6 Å². The first-order chi connectivity index (χ1) is 15.9. The second kappa shape index (κ2) is 11.7. The molecule has 1 saturated heterocycles. The average Bonchev–Trinajstić information content (AvgIpc) is 2.81. The summed E-state index contributed by atoms with van der Waals surface area (Å²) in [5, 5.41) is 5.32. The van der Waals surface area contributed by atoms with E-state index in [-0.39, 0.29) is 11.8 Å². The zero-order chi connectivity index (χ0) is 23.8. The zero-order valence-corrected chi connectivity index (χ0v) is 19.2. The van der Waals surface area contributed by atoms with Gasteiger partial charge in [0, 0.05) is 38.4 Å². The number of nitrogens with zero attached hydrogens (tertiary/aromatic N) is 2. The molecule has 8 heteroatoms. The van der Waals surface area contributed by atoms with Gasteiger partial charge >= 0.3 is 0 Å². The predicted molar refractivity (Wildman–Crippen MR) is 125 cm³/mol. The van der Waals surface area contributed by atoms with Gasteiger partial charge in [-0.2, -0.15) is 0 Å². The van der Waals surface area contributed by atoms with Gasteiger partial charge in [0.15, 0.2) is 0 Å². The van der Waals surface area contributed by atoms with Gasteiger partial charge in [0.25, 0.3) is 5.91 Å². The van der Waals surface area contributed by atoms with Crippen molar-refractivity contribution in [1.29, 1.82) is 0 Å². The number of para-hydroxylation sites is 1. The predicted octanol–water partition coefficient (Wildman–Crippen LogP) is 3.05. The van der Waals surface area contributed by atoms with Gasteiger partial charge in [0.2, 0.25) is 5.91 Å². The lowest BCUT2D eigenvalue weighted by Gasteiger charge is -2.36. The second-order valence-corrected chi connectivity index (χ2v) is 8.60. The number of hydrogen-bond acceptors (Lipinski definition) is 4. The molecule has 0 saturated carbocycles. The third kappa shape index (κ3) is 6.74. The molecular weight excluding hydrogens is 426 g/mol. The lowest BCUT2D eigenvalue weighted by Crippen LogP contribution is -2.50. The number of piperazine rings is 1. The molecule has 0 spiro atoms. The molecule has 0 radical (unpaired) electrons. The minimum absolute atomic E-state index is 0.241. The number of carbonyl (C=O) groups is 2. The fourth-order valence-electron chi connectivity index (χ4n) is 3.96. The van der Waals surface area contributed by atoms with E-state index >= 15 is 0 Å². The van der Waals surface area contributed by atoms with Crippen molar-refractivity contribution in [3.05, 3.63) is 65.7 Å². The highest BCUT2D eigenvalue weighted by Gasteiger charge is 2.27. The molecule has 2 aromatic rings. The molecule has 2 aromatic carbocycles. The summed E-state index contributed by atoms with van der Waals surface area (Å²) in [6.07, 6.45) is 0.776. The van der Waals surface area contributed by atoms with Gasteiger partial charge in [-0.25, -0.2) is 8.78 Å². The number of rotatable bonds is 9. The van der Waals surface area contributed by atoms with Crippen molar-refractivity contribution in [3.8, 4) is 0 Å². The van der Waals surface area contributed by atoms with E-state index in [9.17, 15) is 18.4 Å². The molecule has 178 valence electrons. The third-order valence-electron chi connectivity index (χ3n) is 5.87. The Kier molecular flexibility index (Phi) is 8.77. The average molecular weight is 459 g/mol. The van der Waals surface area contributed by atoms with Gasteiger partial charge in [-0.1, -0.05) is 38.1 Å². The largest absolute Gasteiger partial charge is 0.369 e. The molecular formula is C25H32F2N4O2. The van der Waals surface area contributed by atoms with Gasteiger partial charge in [-0.05, 0) is 43.1 Å². The van der Waals surface area contributed by atoms with Gasteiger partial charge in [0.05, 0.1) is 0 Å². The number of halogens is 2. The van der Waals surface area contributed by atoms with Crippen LogP contribution >= 0.6 is 0 Å². The van der Waals surface area contributed by atoms with E-state index in [0.29, 0.717) is 6.54 Å². The van der Waals surface area contributed by atoms with Gasteiger partial charge in [-0.15, -0.1) is 0 Å². The van der Waals surface area contributed by atoms with Crippen molar-refractivity contribution in [2.45, 2.75) is 26.3 Å². The van der Waals surface area contributed by atoms with Crippen LogP contribution in [0.4, 0.5) is 14.5 Å². The number of benzene rings is 2. The van der Waals surface area contributed by atoms with E-state index in [1.54, 1.807) is 13.8 Å². The maximum atomic E-state index is 13.9. The molecule has 1 aliphatic heterocycles. The van der Waals surface area contributed by atoms with Gasteiger partial charge in [-0.3, -0.25) is 14.5 Å². The Balaban J connectivity index is 1.42. The Labute approximate surface area is 194 Å². The maximum Gasteiger partial charge on any atom is 0.257 e. The molecule has 2 amide bonds. The summed E-state index contributed by atoms with van der Waals surface area (Å²) < 4.78 is 27.8. The topological polar surface area (TPSA) is 64.7 Å². The highest BCUT2D eigenvalue weighted by Crippen LogP contribution is 2.16. The van der Waals surface area contributed by atoms with Gasteiger partial charge < -0.3 is 15.5 Å². The number of amides is 2. The molecule has 3 rings (SSSR count). The Hall–Kier alpha value is -3.00. The molecule has 0 aliphatic carbocycles. The molecule has 1 aliphatic rings. The monoisotopic (exact) mass is 458 g/mol. The fourth-order valence-corrected chi connectivity index (χ4v) is 3.96. The molecule has 1 atom stereocenters. The van der Waals surface area contributed by atoms with Crippen LogP contribution < -0.4 is 15.5 Å². The minimum atomic E-state index is -0.956. The summed E-state index contributed by atoms with van der Waals surface area (Å²) in [7, 11) is 0. The SMILES string of the molecule is CC(C)[C@H](NC(=O)c1c(F)cccc1F)C(=O)NCCCN1CCN(c2ccccc2)CC1. The first-order valence-electron chi connectivity index (χ1n) is 11.4. The van der Waals surface area contributed by atoms with Crippen LogP contribution in [0.3, 0.4) is 0 Å². The van der Waals surface area contributed by atoms with E-state index in [1.807, 2.05) is 18.2 Å². The first-order valence-corrected chi connectivity index (χ1v) is 11.4. The van der Waals surface area contributed by atoms with Crippen LogP contribution in [0.1, 0.15) is 30.6 Å². The second-order valence-electron chi connectivity index (χ2n) is 8.60. The summed E-state index contributed by atoms with van der Waals surface area (Å²) in [5.74, 6) is -3.44. The van der Waals surface area contributed by atoms with Crippen molar-refractivity contribution in [3.63, 3.8) is 0 Å². The maximum absolute atomic E-state index is 13.9. The fraction of sp³-hybridized carbons (Fsp3) is 0.440. The van der Waals surface area contributed by atoms with Crippen LogP contribution in [0.15, 0.2) is 48.5 Å². The van der Waals surface area contributed by atoms with Crippen molar-refractivity contribution in [1.82, 2.24) is 15.5 Å². The minimum Gasteiger partial charge on any atom is -0.369 e. The lowest BCUT2D eigenvalue weighted by molar-refractivity contribution is -0.123. The van der Waals surface area contributed by atoms with Crippen LogP contribution in [-0.2, 0) is 4.79 Å². The molecule has 0 aromatic heterocycles. The lowest BCUT2D eigenvalue weighted by atomic mass is 10.0. The summed E-state index contributed by atoms with van der Waals surface area (Å²) in [4.78, 5) is 29.8. The summed E-state index contributed by atoms with van der Waals surface area (Å²) in [6, 6.07) is 12.7. The molecule has 2 N–H and O–H groups in total. The quantitative estimate of drug-likeness (QED) is 0.567. The van der Waals surface area contributed by atoms with Crippen LogP contribution in [0.25, 0.3) is 0 Å². The molecule has 0 bridgehead atoms. The van der Waals surface area contributed by atoms with Crippen molar-refractivity contribution < 1.29 is 18.4 Å². The molecule has 1 fully saturated rings. The van der Waals surface area contributed by atoms with Gasteiger partial charge in [0.1, 0.15) is 23.2 Å². The summed E-state index contributed by atoms with van der Waals surface area (Å²) in [5.41, 5.74) is 0.562.